The van der Waals surface area contributed by atoms with E-state index < -0.39 is 6.10 Å². The van der Waals surface area contributed by atoms with Crippen molar-refractivity contribution in [3.63, 3.8) is 0 Å². The van der Waals surface area contributed by atoms with Crippen LogP contribution in [-0.2, 0) is 9.59 Å². The summed E-state index contributed by atoms with van der Waals surface area (Å²) in [4.78, 5) is 22.3. The molecule has 0 unspecified atom stereocenters. The number of aliphatic hydroxyl groups is 1. The molecule has 1 aliphatic carbocycles. The Labute approximate surface area is 137 Å². The number of hydrogen-bond acceptors (Lipinski definition) is 4. The van der Waals surface area contributed by atoms with Gasteiger partial charge in [-0.05, 0) is 31.4 Å². The van der Waals surface area contributed by atoms with E-state index in [0.717, 1.165) is 24.9 Å². The number of Topliss-reactive ketones (excluding diaryl/α,β-unsaturated/α-hetero) is 1. The summed E-state index contributed by atoms with van der Waals surface area (Å²) < 4.78 is 5.72. The number of ether oxygens (including phenoxy) is 1. The molecule has 0 amide bonds. The van der Waals surface area contributed by atoms with Crippen LogP contribution in [0.3, 0.4) is 0 Å². The molecule has 0 radical (unpaired) electrons. The molecule has 0 aliphatic heterocycles. The Kier molecular flexibility index (Phi) is 7.01. The number of carbonyl (C=O) groups excluding carboxylic acids is 2. The molecule has 2 rings (SSSR count). The van der Waals surface area contributed by atoms with Gasteiger partial charge in [0.25, 0.3) is 0 Å². The minimum Gasteiger partial charge on any atom is -0.493 e. The Morgan fingerprint density at radius 2 is 1.96 bits per heavy atom. The van der Waals surface area contributed by atoms with Gasteiger partial charge < -0.3 is 14.6 Å². The fourth-order valence-electron chi connectivity index (χ4n) is 2.94. The minimum atomic E-state index is -0.625. The number of allylic oxidation sites excluding steroid dienone is 2. The van der Waals surface area contributed by atoms with Gasteiger partial charge in [0, 0.05) is 24.7 Å². The lowest BCUT2D eigenvalue weighted by molar-refractivity contribution is -0.121. The third kappa shape index (κ3) is 5.32. The molecule has 0 saturated heterocycles. The van der Waals surface area contributed by atoms with Crippen LogP contribution < -0.4 is 4.74 Å². The molecule has 0 spiro atoms. The Morgan fingerprint density at radius 1 is 1.17 bits per heavy atom. The van der Waals surface area contributed by atoms with Gasteiger partial charge in [-0.3, -0.25) is 4.79 Å². The minimum absolute atomic E-state index is 0.108. The third-order valence-electron chi connectivity index (χ3n) is 4.27. The molecule has 4 heteroatoms. The monoisotopic (exact) mass is 316 g/mol. The number of rotatable bonds is 9. The zero-order valence-corrected chi connectivity index (χ0v) is 13.3. The molecule has 1 aromatic rings. The Bertz CT molecular complexity index is 523. The number of para-hydroxylation sites is 1. The second-order valence-corrected chi connectivity index (χ2v) is 5.94. The van der Waals surface area contributed by atoms with Gasteiger partial charge in [0.2, 0.25) is 0 Å². The topological polar surface area (TPSA) is 63.6 Å². The fourth-order valence-corrected chi connectivity index (χ4v) is 2.94. The van der Waals surface area contributed by atoms with Crippen molar-refractivity contribution in [3.05, 3.63) is 42.5 Å². The summed E-state index contributed by atoms with van der Waals surface area (Å²) in [5.74, 6) is 0.511. The van der Waals surface area contributed by atoms with Gasteiger partial charge in [0.15, 0.2) is 0 Å². The summed E-state index contributed by atoms with van der Waals surface area (Å²) in [6.45, 7) is 0.348. The molecule has 1 saturated carbocycles. The van der Waals surface area contributed by atoms with Crippen LogP contribution in [0, 0.1) is 11.8 Å². The maximum absolute atomic E-state index is 12.1. The number of aliphatic hydroxyl groups excluding tert-OH is 1. The number of unbranched alkanes of at least 4 members (excludes halogenated alkanes) is 2. The van der Waals surface area contributed by atoms with Gasteiger partial charge in [-0.2, -0.15) is 0 Å². The van der Waals surface area contributed by atoms with Gasteiger partial charge in [-0.1, -0.05) is 30.4 Å². The van der Waals surface area contributed by atoms with Crippen molar-refractivity contribution in [3.8, 4) is 5.75 Å². The maximum atomic E-state index is 12.1. The van der Waals surface area contributed by atoms with E-state index in [1.165, 1.54) is 0 Å². The molecule has 1 aromatic carbocycles. The fraction of sp³-hybridized carbons (Fsp3) is 0.474. The highest BCUT2D eigenvalue weighted by molar-refractivity contribution is 5.84. The van der Waals surface area contributed by atoms with Crippen molar-refractivity contribution >= 4 is 12.1 Å². The first-order valence-electron chi connectivity index (χ1n) is 8.19. The normalized spacial score (nSPS) is 24.2. The van der Waals surface area contributed by atoms with Crippen molar-refractivity contribution in [2.45, 2.75) is 38.2 Å². The molecule has 3 atom stereocenters. The zero-order valence-electron chi connectivity index (χ0n) is 13.3. The number of benzene rings is 1. The van der Waals surface area contributed by atoms with Crippen molar-refractivity contribution in [1.29, 1.82) is 0 Å². The first-order chi connectivity index (χ1) is 11.2. The molecule has 0 aromatic heterocycles. The predicted molar refractivity (Wildman–Crippen MR) is 88.2 cm³/mol. The van der Waals surface area contributed by atoms with Crippen molar-refractivity contribution in [1.82, 2.24) is 0 Å². The van der Waals surface area contributed by atoms with E-state index in [2.05, 4.69) is 0 Å². The SMILES string of the molecule is O=CCCC/C=C\C[C@H]1C(=O)C[C@@H](O)[C@@H]1COc1ccccc1. The van der Waals surface area contributed by atoms with E-state index in [9.17, 15) is 14.7 Å². The lowest BCUT2D eigenvalue weighted by Gasteiger charge is -2.20. The van der Waals surface area contributed by atoms with Gasteiger partial charge in [-0.25, -0.2) is 0 Å². The molecular formula is C19H24O4. The number of hydrogen-bond donors (Lipinski definition) is 1. The van der Waals surface area contributed by atoms with E-state index in [1.54, 1.807) is 0 Å². The average molecular weight is 316 g/mol. The van der Waals surface area contributed by atoms with Crippen LogP contribution in [-0.4, -0.2) is 29.9 Å². The Morgan fingerprint density at radius 3 is 2.70 bits per heavy atom. The van der Waals surface area contributed by atoms with E-state index in [4.69, 9.17) is 4.74 Å². The number of carbonyl (C=O) groups is 2. The van der Waals surface area contributed by atoms with Crippen LogP contribution in [0.4, 0.5) is 0 Å². The first-order valence-corrected chi connectivity index (χ1v) is 8.19. The Balaban J connectivity index is 1.85. The molecule has 4 nitrogen and oxygen atoms in total. The second-order valence-electron chi connectivity index (χ2n) is 5.94. The van der Waals surface area contributed by atoms with E-state index in [1.807, 2.05) is 42.5 Å². The van der Waals surface area contributed by atoms with Crippen LogP contribution >= 0.6 is 0 Å². The molecule has 0 bridgehead atoms. The second kappa shape index (κ2) is 9.26. The van der Waals surface area contributed by atoms with Gasteiger partial charge in [-0.15, -0.1) is 0 Å². The van der Waals surface area contributed by atoms with Gasteiger partial charge >= 0.3 is 0 Å². The van der Waals surface area contributed by atoms with E-state index in [0.29, 0.717) is 19.4 Å². The van der Waals surface area contributed by atoms with E-state index in [-0.39, 0.29) is 24.0 Å². The first kappa shape index (κ1) is 17.4. The maximum Gasteiger partial charge on any atom is 0.139 e. The largest absolute Gasteiger partial charge is 0.493 e. The van der Waals surface area contributed by atoms with Crippen LogP contribution in [0.1, 0.15) is 32.1 Å². The smallest absolute Gasteiger partial charge is 0.139 e. The van der Waals surface area contributed by atoms with Crippen molar-refractivity contribution in [2.75, 3.05) is 6.61 Å². The van der Waals surface area contributed by atoms with Crippen LogP contribution in [0.25, 0.3) is 0 Å². The summed E-state index contributed by atoms with van der Waals surface area (Å²) in [7, 11) is 0. The summed E-state index contributed by atoms with van der Waals surface area (Å²) in [5, 5.41) is 10.1. The third-order valence-corrected chi connectivity index (χ3v) is 4.27. The summed E-state index contributed by atoms with van der Waals surface area (Å²) in [5.41, 5.74) is 0. The average Bonchev–Trinajstić information content (AvgIpc) is 2.83. The summed E-state index contributed by atoms with van der Waals surface area (Å²) in [6.07, 6.45) is 7.37. The standard InChI is InChI=1S/C19H24O4/c20-12-8-3-1-2-7-11-16-17(19(22)13-18(16)21)14-23-15-9-5-4-6-10-15/h2,4-7,9-10,12,16-17,19,22H,1,3,8,11,13-14H2/b7-2-/t16-,17-,19-/m1/s1. The van der Waals surface area contributed by atoms with Gasteiger partial charge in [0.05, 0.1) is 12.7 Å². The lowest BCUT2D eigenvalue weighted by Crippen LogP contribution is -2.26. The van der Waals surface area contributed by atoms with Crippen LogP contribution in [0.15, 0.2) is 42.5 Å². The summed E-state index contributed by atoms with van der Waals surface area (Å²) in [6, 6.07) is 9.44. The molecular weight excluding hydrogens is 292 g/mol. The van der Waals surface area contributed by atoms with Crippen LogP contribution in [0.2, 0.25) is 0 Å². The molecule has 124 valence electrons. The van der Waals surface area contributed by atoms with E-state index >= 15 is 0 Å². The Hall–Kier alpha value is -1.94. The van der Waals surface area contributed by atoms with Crippen molar-refractivity contribution < 1.29 is 19.4 Å². The molecule has 23 heavy (non-hydrogen) atoms. The molecule has 1 fully saturated rings. The highest BCUT2D eigenvalue weighted by atomic mass is 16.5. The van der Waals surface area contributed by atoms with Gasteiger partial charge in [0.1, 0.15) is 17.8 Å². The quantitative estimate of drug-likeness (QED) is 0.432. The molecule has 0 heterocycles. The lowest BCUT2D eigenvalue weighted by atomic mass is 9.91. The zero-order chi connectivity index (χ0) is 16.5. The highest BCUT2D eigenvalue weighted by Gasteiger charge is 2.41. The number of aldehydes is 1. The van der Waals surface area contributed by atoms with Crippen molar-refractivity contribution in [2.24, 2.45) is 11.8 Å². The summed E-state index contributed by atoms with van der Waals surface area (Å²) >= 11 is 0. The van der Waals surface area contributed by atoms with Crippen LogP contribution in [0.5, 0.6) is 5.75 Å². The molecule has 1 N–H and O–H groups in total. The molecule has 1 aliphatic rings. The predicted octanol–water partition coefficient (Wildman–Crippen LogP) is 2.95. The number of ketones is 1. The highest BCUT2D eigenvalue weighted by Crippen LogP contribution is 2.32.